The van der Waals surface area contributed by atoms with Crippen LogP contribution in [0.25, 0.3) is 0 Å². The molecule has 0 bridgehead atoms. The Kier molecular flexibility index (Phi) is 2.42. The van der Waals surface area contributed by atoms with Gasteiger partial charge in [0.15, 0.2) is 5.41 Å². The van der Waals surface area contributed by atoms with E-state index in [0.29, 0.717) is 0 Å². The standard InChI is InChI=1S/C8H18O2Si/c1-5-8(11(2,3)4)9-6-7-10-8/h5-7H2,1-4H3. The average molecular weight is 174 g/mol. The molecule has 1 heterocycles. The summed E-state index contributed by atoms with van der Waals surface area (Å²) in [4.78, 5) is 0. The topological polar surface area (TPSA) is 18.5 Å². The lowest BCUT2D eigenvalue weighted by atomic mass is 10.5. The predicted octanol–water partition coefficient (Wildman–Crippen LogP) is 2.02. The highest BCUT2D eigenvalue weighted by atomic mass is 28.3. The molecule has 0 spiro atoms. The van der Waals surface area contributed by atoms with Gasteiger partial charge in [-0.1, -0.05) is 26.6 Å². The van der Waals surface area contributed by atoms with Crippen LogP contribution in [0.1, 0.15) is 13.3 Å². The van der Waals surface area contributed by atoms with Crippen LogP contribution in [0.2, 0.25) is 19.6 Å². The lowest BCUT2D eigenvalue weighted by molar-refractivity contribution is -0.0963. The Balaban J connectivity index is 2.75. The van der Waals surface area contributed by atoms with Gasteiger partial charge in [0.1, 0.15) is 8.07 Å². The molecular formula is C8H18O2Si. The molecule has 0 amide bonds. The Bertz CT molecular complexity index is 134. The second kappa shape index (κ2) is 2.88. The van der Waals surface area contributed by atoms with Gasteiger partial charge in [-0.25, -0.2) is 0 Å². The number of rotatable bonds is 2. The Morgan fingerprint density at radius 2 is 1.64 bits per heavy atom. The van der Waals surface area contributed by atoms with E-state index in [-0.39, 0.29) is 5.41 Å². The van der Waals surface area contributed by atoms with E-state index in [2.05, 4.69) is 26.6 Å². The Hall–Kier alpha value is 0.137. The third kappa shape index (κ3) is 1.50. The summed E-state index contributed by atoms with van der Waals surface area (Å²) in [7, 11) is -1.32. The summed E-state index contributed by atoms with van der Waals surface area (Å²) in [5.74, 6) is 0. The van der Waals surface area contributed by atoms with Crippen molar-refractivity contribution in [3.05, 3.63) is 0 Å². The fraction of sp³-hybridized carbons (Fsp3) is 1.00. The first kappa shape index (κ1) is 9.23. The largest absolute Gasteiger partial charge is 0.351 e. The molecule has 1 rings (SSSR count). The minimum absolute atomic E-state index is 0.188. The first-order valence-corrected chi connectivity index (χ1v) is 7.80. The van der Waals surface area contributed by atoms with Crippen molar-refractivity contribution in [2.45, 2.75) is 38.4 Å². The van der Waals surface area contributed by atoms with E-state index in [4.69, 9.17) is 9.47 Å². The molecule has 0 atom stereocenters. The maximum Gasteiger partial charge on any atom is 0.151 e. The van der Waals surface area contributed by atoms with E-state index < -0.39 is 8.07 Å². The van der Waals surface area contributed by atoms with Crippen LogP contribution in [-0.2, 0) is 9.47 Å². The van der Waals surface area contributed by atoms with E-state index in [0.717, 1.165) is 19.6 Å². The lowest BCUT2D eigenvalue weighted by Gasteiger charge is -2.37. The van der Waals surface area contributed by atoms with E-state index in [9.17, 15) is 0 Å². The van der Waals surface area contributed by atoms with E-state index >= 15 is 0 Å². The van der Waals surface area contributed by atoms with Crippen LogP contribution in [-0.4, -0.2) is 26.7 Å². The second-order valence-electron chi connectivity index (χ2n) is 4.05. The van der Waals surface area contributed by atoms with Gasteiger partial charge in [-0.05, 0) is 6.42 Å². The van der Waals surface area contributed by atoms with Crippen molar-refractivity contribution in [1.29, 1.82) is 0 Å². The molecule has 66 valence electrons. The smallest absolute Gasteiger partial charge is 0.151 e. The van der Waals surface area contributed by atoms with Gasteiger partial charge in [-0.2, -0.15) is 0 Å². The van der Waals surface area contributed by atoms with Crippen LogP contribution in [0.5, 0.6) is 0 Å². The van der Waals surface area contributed by atoms with Crippen molar-refractivity contribution in [3.63, 3.8) is 0 Å². The molecule has 0 aliphatic carbocycles. The summed E-state index contributed by atoms with van der Waals surface area (Å²) in [6.07, 6.45) is 0.989. The molecule has 0 unspecified atom stereocenters. The molecule has 1 fully saturated rings. The third-order valence-electron chi connectivity index (χ3n) is 2.36. The molecule has 11 heavy (non-hydrogen) atoms. The van der Waals surface area contributed by atoms with Gasteiger partial charge in [0.2, 0.25) is 0 Å². The van der Waals surface area contributed by atoms with E-state index in [1.165, 1.54) is 0 Å². The quantitative estimate of drug-likeness (QED) is 0.596. The van der Waals surface area contributed by atoms with Crippen molar-refractivity contribution in [2.24, 2.45) is 0 Å². The Labute approximate surface area is 69.9 Å². The van der Waals surface area contributed by atoms with Crippen molar-refractivity contribution < 1.29 is 9.47 Å². The molecule has 0 N–H and O–H groups in total. The highest BCUT2D eigenvalue weighted by Gasteiger charge is 2.46. The summed E-state index contributed by atoms with van der Waals surface area (Å²) in [6, 6.07) is 0. The zero-order valence-corrected chi connectivity index (χ0v) is 8.94. The van der Waals surface area contributed by atoms with E-state index in [1.54, 1.807) is 0 Å². The van der Waals surface area contributed by atoms with Gasteiger partial charge in [0, 0.05) is 0 Å². The molecule has 1 saturated heterocycles. The molecule has 0 aromatic carbocycles. The number of ether oxygens (including phenoxy) is 2. The minimum Gasteiger partial charge on any atom is -0.351 e. The van der Waals surface area contributed by atoms with Gasteiger partial charge in [0.05, 0.1) is 13.2 Å². The highest BCUT2D eigenvalue weighted by Crippen LogP contribution is 2.32. The summed E-state index contributed by atoms with van der Waals surface area (Å²) in [5.41, 5.74) is -0.188. The molecule has 3 heteroatoms. The molecule has 0 radical (unpaired) electrons. The maximum atomic E-state index is 5.69. The second-order valence-corrected chi connectivity index (χ2v) is 9.32. The molecule has 1 aliphatic heterocycles. The summed E-state index contributed by atoms with van der Waals surface area (Å²) in [5, 5.41) is 0. The van der Waals surface area contributed by atoms with Crippen LogP contribution in [0.4, 0.5) is 0 Å². The summed E-state index contributed by atoms with van der Waals surface area (Å²) < 4.78 is 11.4. The fourth-order valence-corrected chi connectivity index (χ4v) is 3.75. The third-order valence-corrected chi connectivity index (χ3v) is 5.29. The average Bonchev–Trinajstić information content (AvgIpc) is 2.33. The van der Waals surface area contributed by atoms with Gasteiger partial charge in [-0.3, -0.25) is 0 Å². The molecule has 0 aromatic rings. The SMILES string of the molecule is CCC1([Si](C)(C)C)OCCO1. The number of hydrogen-bond acceptors (Lipinski definition) is 2. The number of hydrogen-bond donors (Lipinski definition) is 0. The highest BCUT2D eigenvalue weighted by molar-refractivity contribution is 6.78. The van der Waals surface area contributed by atoms with Crippen LogP contribution in [0.15, 0.2) is 0 Å². The van der Waals surface area contributed by atoms with Crippen molar-refractivity contribution in [1.82, 2.24) is 0 Å². The Morgan fingerprint density at radius 1 is 1.18 bits per heavy atom. The van der Waals surface area contributed by atoms with Crippen LogP contribution in [0, 0.1) is 0 Å². The summed E-state index contributed by atoms with van der Waals surface area (Å²) >= 11 is 0. The molecule has 0 aromatic heterocycles. The lowest BCUT2D eigenvalue weighted by Crippen LogP contribution is -2.52. The first-order valence-electron chi connectivity index (χ1n) is 4.30. The van der Waals surface area contributed by atoms with Crippen LogP contribution < -0.4 is 0 Å². The molecular weight excluding hydrogens is 156 g/mol. The normalized spacial score (nSPS) is 24.0. The molecule has 1 aliphatic rings. The molecule has 0 saturated carbocycles. The van der Waals surface area contributed by atoms with Crippen molar-refractivity contribution in [2.75, 3.05) is 13.2 Å². The van der Waals surface area contributed by atoms with E-state index in [1.807, 2.05) is 0 Å². The zero-order chi connectivity index (χ0) is 8.54. The van der Waals surface area contributed by atoms with Crippen LogP contribution in [0.3, 0.4) is 0 Å². The predicted molar refractivity (Wildman–Crippen MR) is 48.3 cm³/mol. The van der Waals surface area contributed by atoms with Gasteiger partial charge >= 0.3 is 0 Å². The first-order chi connectivity index (χ1) is 5.02. The zero-order valence-electron chi connectivity index (χ0n) is 7.94. The fourth-order valence-electron chi connectivity index (χ4n) is 1.62. The maximum absolute atomic E-state index is 5.69. The minimum atomic E-state index is -1.32. The van der Waals surface area contributed by atoms with Gasteiger partial charge < -0.3 is 9.47 Å². The molecule has 2 nitrogen and oxygen atoms in total. The van der Waals surface area contributed by atoms with Gasteiger partial charge in [0.25, 0.3) is 0 Å². The van der Waals surface area contributed by atoms with Crippen molar-refractivity contribution >= 4 is 8.07 Å². The van der Waals surface area contributed by atoms with Crippen LogP contribution >= 0.6 is 0 Å². The van der Waals surface area contributed by atoms with Crippen molar-refractivity contribution in [3.8, 4) is 0 Å². The Morgan fingerprint density at radius 3 is 1.82 bits per heavy atom. The summed E-state index contributed by atoms with van der Waals surface area (Å²) in [6.45, 7) is 10.6. The monoisotopic (exact) mass is 174 g/mol. The van der Waals surface area contributed by atoms with Gasteiger partial charge in [-0.15, -0.1) is 0 Å².